The second-order valence-corrected chi connectivity index (χ2v) is 4.19. The minimum Gasteiger partial charge on any atom is -0.478 e. The lowest BCUT2D eigenvalue weighted by molar-refractivity contribution is -0.131. The first-order chi connectivity index (χ1) is 8.54. The number of carboxylic acids is 1. The lowest BCUT2D eigenvalue weighted by Crippen LogP contribution is -1.85. The number of aliphatic carboxylic acids is 1. The van der Waals surface area contributed by atoms with Crippen LogP contribution < -0.4 is 0 Å². The van der Waals surface area contributed by atoms with E-state index in [4.69, 9.17) is 9.52 Å². The molecular formula is C11H6BrFN2O3. The number of benzene rings is 1. The normalized spacial score (nSPS) is 11.0. The van der Waals surface area contributed by atoms with Crippen molar-refractivity contribution in [1.82, 2.24) is 10.2 Å². The molecule has 2 rings (SSSR count). The maximum Gasteiger partial charge on any atom is 0.328 e. The summed E-state index contributed by atoms with van der Waals surface area (Å²) >= 11 is 3.15. The SMILES string of the molecule is O=C(O)/C=C/c1nnc(-c2cc(F)cc(Br)c2)o1. The topological polar surface area (TPSA) is 76.2 Å². The summed E-state index contributed by atoms with van der Waals surface area (Å²) in [4.78, 5) is 10.3. The van der Waals surface area contributed by atoms with Crippen LogP contribution in [0.15, 0.2) is 33.2 Å². The first-order valence-corrected chi connectivity index (χ1v) is 5.55. The van der Waals surface area contributed by atoms with Crippen molar-refractivity contribution in [3.8, 4) is 11.5 Å². The average Bonchev–Trinajstić information content (AvgIpc) is 2.73. The minimum absolute atomic E-state index is 0.0350. The van der Waals surface area contributed by atoms with Crippen molar-refractivity contribution in [3.63, 3.8) is 0 Å². The molecule has 2 aromatic rings. The van der Waals surface area contributed by atoms with Crippen LogP contribution in [0.4, 0.5) is 4.39 Å². The number of halogens is 2. The first kappa shape index (κ1) is 12.4. The van der Waals surface area contributed by atoms with Crippen molar-refractivity contribution in [2.75, 3.05) is 0 Å². The molecule has 0 aliphatic rings. The van der Waals surface area contributed by atoms with Crippen LogP contribution >= 0.6 is 15.9 Å². The molecule has 0 radical (unpaired) electrons. The molecule has 1 heterocycles. The van der Waals surface area contributed by atoms with Gasteiger partial charge in [-0.25, -0.2) is 9.18 Å². The van der Waals surface area contributed by atoms with Crippen LogP contribution in [0.3, 0.4) is 0 Å². The van der Waals surface area contributed by atoms with Crippen LogP contribution in [0.5, 0.6) is 0 Å². The van der Waals surface area contributed by atoms with Gasteiger partial charge in [-0.1, -0.05) is 15.9 Å². The Bertz CT molecular complexity index is 604. The number of carboxylic acid groups (broad SMARTS) is 1. The van der Waals surface area contributed by atoms with Crippen molar-refractivity contribution in [1.29, 1.82) is 0 Å². The van der Waals surface area contributed by atoms with Gasteiger partial charge in [0, 0.05) is 22.2 Å². The Morgan fingerprint density at radius 3 is 2.83 bits per heavy atom. The summed E-state index contributed by atoms with van der Waals surface area (Å²) < 4.78 is 18.9. The fourth-order valence-electron chi connectivity index (χ4n) is 1.24. The van der Waals surface area contributed by atoms with Crippen LogP contribution in [-0.4, -0.2) is 21.3 Å². The van der Waals surface area contributed by atoms with Crippen molar-refractivity contribution >= 4 is 28.0 Å². The largest absolute Gasteiger partial charge is 0.478 e. The Balaban J connectivity index is 2.32. The molecule has 0 unspecified atom stereocenters. The maximum atomic E-state index is 13.2. The first-order valence-electron chi connectivity index (χ1n) is 4.75. The van der Waals surface area contributed by atoms with Crippen molar-refractivity contribution in [3.05, 3.63) is 40.5 Å². The van der Waals surface area contributed by atoms with E-state index in [-0.39, 0.29) is 11.8 Å². The van der Waals surface area contributed by atoms with E-state index in [0.29, 0.717) is 10.0 Å². The van der Waals surface area contributed by atoms with Crippen molar-refractivity contribution in [2.24, 2.45) is 0 Å². The highest BCUT2D eigenvalue weighted by molar-refractivity contribution is 9.10. The quantitative estimate of drug-likeness (QED) is 0.882. The zero-order valence-electron chi connectivity index (χ0n) is 8.80. The lowest BCUT2D eigenvalue weighted by atomic mass is 10.2. The van der Waals surface area contributed by atoms with Crippen LogP contribution in [0.1, 0.15) is 5.89 Å². The Morgan fingerprint density at radius 1 is 1.39 bits per heavy atom. The molecular weight excluding hydrogens is 307 g/mol. The molecule has 0 saturated carbocycles. The van der Waals surface area contributed by atoms with Gasteiger partial charge < -0.3 is 9.52 Å². The van der Waals surface area contributed by atoms with Gasteiger partial charge in [-0.3, -0.25) is 0 Å². The molecule has 0 spiro atoms. The van der Waals surface area contributed by atoms with Gasteiger partial charge >= 0.3 is 5.97 Å². The summed E-state index contributed by atoms with van der Waals surface area (Å²) in [5.74, 6) is -1.42. The lowest BCUT2D eigenvalue weighted by Gasteiger charge is -1.96. The fraction of sp³-hybridized carbons (Fsp3) is 0. The molecule has 0 fully saturated rings. The fourth-order valence-corrected chi connectivity index (χ4v) is 1.70. The Hall–Kier alpha value is -2.02. The molecule has 0 saturated heterocycles. The molecule has 0 aliphatic heterocycles. The van der Waals surface area contributed by atoms with Gasteiger partial charge in [0.25, 0.3) is 0 Å². The third-order valence-electron chi connectivity index (χ3n) is 1.92. The smallest absolute Gasteiger partial charge is 0.328 e. The number of nitrogens with zero attached hydrogens (tertiary/aromatic N) is 2. The maximum absolute atomic E-state index is 13.2. The molecule has 1 aromatic carbocycles. The van der Waals surface area contributed by atoms with Crippen LogP contribution in [0.25, 0.3) is 17.5 Å². The number of carbonyl (C=O) groups is 1. The molecule has 18 heavy (non-hydrogen) atoms. The van der Waals surface area contributed by atoms with E-state index >= 15 is 0 Å². The summed E-state index contributed by atoms with van der Waals surface area (Å²) in [6.07, 6.45) is 2.03. The van der Waals surface area contributed by atoms with Crippen LogP contribution in [0.2, 0.25) is 0 Å². The summed E-state index contributed by atoms with van der Waals surface area (Å²) in [7, 11) is 0. The van der Waals surface area contributed by atoms with Gasteiger partial charge in [-0.05, 0) is 18.2 Å². The summed E-state index contributed by atoms with van der Waals surface area (Å²) in [5, 5.41) is 15.8. The molecule has 5 nitrogen and oxygen atoms in total. The van der Waals surface area contributed by atoms with Gasteiger partial charge in [0.05, 0.1) is 0 Å². The van der Waals surface area contributed by atoms with Crippen LogP contribution in [0, 0.1) is 5.82 Å². The second-order valence-electron chi connectivity index (χ2n) is 3.28. The van der Waals surface area contributed by atoms with Gasteiger partial charge in [0.2, 0.25) is 11.8 Å². The predicted molar refractivity (Wildman–Crippen MR) is 64.1 cm³/mol. The van der Waals surface area contributed by atoms with E-state index in [1.165, 1.54) is 12.1 Å². The molecule has 7 heteroatoms. The number of rotatable bonds is 3. The highest BCUT2D eigenvalue weighted by Gasteiger charge is 2.09. The highest BCUT2D eigenvalue weighted by Crippen LogP contribution is 2.23. The zero-order valence-corrected chi connectivity index (χ0v) is 10.4. The zero-order chi connectivity index (χ0) is 13.1. The summed E-state index contributed by atoms with van der Waals surface area (Å²) in [6.45, 7) is 0. The molecule has 0 aliphatic carbocycles. The number of hydrogen-bond acceptors (Lipinski definition) is 4. The van der Waals surface area contributed by atoms with E-state index in [2.05, 4.69) is 26.1 Å². The Labute approximate surface area is 109 Å². The average molecular weight is 313 g/mol. The van der Waals surface area contributed by atoms with E-state index in [1.54, 1.807) is 6.07 Å². The summed E-state index contributed by atoms with van der Waals surface area (Å²) in [5.41, 5.74) is 0.407. The number of hydrogen-bond donors (Lipinski definition) is 1. The second kappa shape index (κ2) is 5.09. The van der Waals surface area contributed by atoms with E-state index in [1.807, 2.05) is 0 Å². The van der Waals surface area contributed by atoms with Crippen molar-refractivity contribution < 1.29 is 18.7 Å². The monoisotopic (exact) mass is 312 g/mol. The van der Waals surface area contributed by atoms with E-state index < -0.39 is 11.8 Å². The Kier molecular flexibility index (Phi) is 3.52. The number of aromatic nitrogens is 2. The standard InChI is InChI=1S/C11H6BrFN2O3/c12-7-3-6(4-8(13)5-7)11-15-14-9(18-11)1-2-10(16)17/h1-5H,(H,16,17)/b2-1+. The summed E-state index contributed by atoms with van der Waals surface area (Å²) in [6, 6.07) is 4.15. The van der Waals surface area contributed by atoms with Gasteiger partial charge in [-0.15, -0.1) is 10.2 Å². The van der Waals surface area contributed by atoms with E-state index in [0.717, 1.165) is 12.2 Å². The van der Waals surface area contributed by atoms with Crippen LogP contribution in [-0.2, 0) is 4.79 Å². The van der Waals surface area contributed by atoms with Gasteiger partial charge in [-0.2, -0.15) is 0 Å². The minimum atomic E-state index is -1.12. The molecule has 0 atom stereocenters. The Morgan fingerprint density at radius 2 is 2.17 bits per heavy atom. The van der Waals surface area contributed by atoms with Gasteiger partial charge in [0.15, 0.2) is 0 Å². The highest BCUT2D eigenvalue weighted by atomic mass is 79.9. The third kappa shape index (κ3) is 3.01. The molecule has 0 amide bonds. The molecule has 1 aromatic heterocycles. The molecule has 0 bridgehead atoms. The molecule has 92 valence electrons. The van der Waals surface area contributed by atoms with E-state index in [9.17, 15) is 9.18 Å². The molecule has 1 N–H and O–H groups in total. The third-order valence-corrected chi connectivity index (χ3v) is 2.38. The van der Waals surface area contributed by atoms with Gasteiger partial charge in [0.1, 0.15) is 5.82 Å². The van der Waals surface area contributed by atoms with Crippen molar-refractivity contribution in [2.45, 2.75) is 0 Å². The predicted octanol–water partition coefficient (Wildman–Crippen LogP) is 2.74.